The highest BCUT2D eigenvalue weighted by atomic mass is 28.4. The topological polar surface area (TPSA) is 105 Å². The Morgan fingerprint density at radius 3 is 1.88 bits per heavy atom. The van der Waals surface area contributed by atoms with Gasteiger partial charge in [-0.25, -0.2) is 0 Å². The molecule has 7 nitrogen and oxygen atoms in total. The van der Waals surface area contributed by atoms with Gasteiger partial charge in [0.25, 0.3) is 8.32 Å². The first-order chi connectivity index (χ1) is 15.1. The summed E-state index contributed by atoms with van der Waals surface area (Å²) in [5, 5.41) is 33.2. The van der Waals surface area contributed by atoms with Crippen LogP contribution in [0.1, 0.15) is 27.7 Å². The van der Waals surface area contributed by atoms with Crippen LogP contribution in [0.4, 0.5) is 0 Å². The van der Waals surface area contributed by atoms with Gasteiger partial charge >= 0.3 is 5.97 Å². The third kappa shape index (κ3) is 4.80. The second kappa shape index (κ2) is 9.82. The summed E-state index contributed by atoms with van der Waals surface area (Å²) in [7, 11) is -2.89. The van der Waals surface area contributed by atoms with Crippen molar-refractivity contribution < 1.29 is 34.0 Å². The fourth-order valence-electron chi connectivity index (χ4n) is 4.35. The molecule has 174 valence electrons. The highest BCUT2D eigenvalue weighted by molar-refractivity contribution is 6.99. The molecule has 0 unspecified atom stereocenters. The van der Waals surface area contributed by atoms with Crippen molar-refractivity contribution >= 4 is 24.7 Å². The van der Waals surface area contributed by atoms with E-state index >= 15 is 0 Å². The molecule has 1 fully saturated rings. The van der Waals surface area contributed by atoms with E-state index in [4.69, 9.17) is 13.9 Å². The number of esters is 1. The van der Waals surface area contributed by atoms with Crippen LogP contribution in [0.25, 0.3) is 0 Å². The van der Waals surface area contributed by atoms with Gasteiger partial charge in [0.15, 0.2) is 12.4 Å². The summed E-state index contributed by atoms with van der Waals surface area (Å²) in [4.78, 5) is 11.3. The molecule has 3 rings (SSSR count). The Balaban J connectivity index is 1.94. The number of carbonyl (C=O) groups excluding carboxylic acids is 1. The van der Waals surface area contributed by atoms with Gasteiger partial charge < -0.3 is 29.2 Å². The van der Waals surface area contributed by atoms with Gasteiger partial charge in [0.05, 0.1) is 6.61 Å². The van der Waals surface area contributed by atoms with E-state index in [2.05, 4.69) is 20.8 Å². The normalized spacial score (nSPS) is 26.5. The molecule has 0 spiro atoms. The number of aliphatic hydroxyl groups excluding tert-OH is 3. The van der Waals surface area contributed by atoms with Crippen molar-refractivity contribution in [1.82, 2.24) is 0 Å². The highest BCUT2D eigenvalue weighted by Gasteiger charge is 2.52. The molecule has 5 atom stereocenters. The lowest BCUT2D eigenvalue weighted by Crippen LogP contribution is -2.68. The van der Waals surface area contributed by atoms with Gasteiger partial charge in [-0.05, 0) is 15.4 Å². The van der Waals surface area contributed by atoms with Crippen LogP contribution in [-0.4, -0.2) is 66.9 Å². The van der Waals surface area contributed by atoms with Crippen LogP contribution in [0.3, 0.4) is 0 Å². The number of rotatable bonds is 6. The summed E-state index contributed by atoms with van der Waals surface area (Å²) >= 11 is 0. The van der Waals surface area contributed by atoms with Crippen molar-refractivity contribution in [3.05, 3.63) is 60.7 Å². The predicted molar refractivity (Wildman–Crippen MR) is 122 cm³/mol. The third-order valence-corrected chi connectivity index (χ3v) is 10.9. The van der Waals surface area contributed by atoms with E-state index in [9.17, 15) is 20.1 Å². The average Bonchev–Trinajstić information content (AvgIpc) is 2.75. The largest absolute Gasteiger partial charge is 0.454 e. The van der Waals surface area contributed by atoms with Crippen molar-refractivity contribution in [3.8, 4) is 0 Å². The maximum atomic E-state index is 11.3. The molecule has 2 aromatic rings. The quantitative estimate of drug-likeness (QED) is 0.435. The Bertz CT molecular complexity index is 845. The van der Waals surface area contributed by atoms with Gasteiger partial charge in [0, 0.05) is 6.92 Å². The van der Waals surface area contributed by atoms with Gasteiger partial charge in [0.2, 0.25) is 0 Å². The Kier molecular flexibility index (Phi) is 7.54. The summed E-state index contributed by atoms with van der Waals surface area (Å²) < 4.78 is 17.2. The molecule has 0 aliphatic carbocycles. The zero-order valence-electron chi connectivity index (χ0n) is 18.8. The highest BCUT2D eigenvalue weighted by Crippen LogP contribution is 2.37. The Morgan fingerprint density at radius 1 is 0.938 bits per heavy atom. The Hall–Kier alpha value is -2.07. The van der Waals surface area contributed by atoms with Crippen LogP contribution in [0.2, 0.25) is 5.04 Å². The zero-order chi connectivity index (χ0) is 23.5. The minimum atomic E-state index is -2.89. The van der Waals surface area contributed by atoms with Gasteiger partial charge in [-0.15, -0.1) is 0 Å². The molecule has 8 heteroatoms. The van der Waals surface area contributed by atoms with Gasteiger partial charge in [-0.3, -0.25) is 4.79 Å². The van der Waals surface area contributed by atoms with Gasteiger partial charge in [-0.1, -0.05) is 81.4 Å². The van der Waals surface area contributed by atoms with Crippen LogP contribution in [0, 0.1) is 0 Å². The second-order valence-corrected chi connectivity index (χ2v) is 13.4. The minimum absolute atomic E-state index is 0.0602. The molecule has 0 radical (unpaired) electrons. The van der Waals surface area contributed by atoms with Gasteiger partial charge in [0.1, 0.15) is 18.3 Å². The molecular formula is C24H32O7Si. The molecule has 3 N–H and O–H groups in total. The van der Waals surface area contributed by atoms with E-state index < -0.39 is 45.0 Å². The molecule has 1 saturated heterocycles. The van der Waals surface area contributed by atoms with E-state index in [0.717, 1.165) is 17.3 Å². The SMILES string of the molecule is CC(=O)O[C@@H]1[C@@H](O)[C@@H](O)[C@@H](CO[Si](c2ccccc2)(c2ccccc2)C(C)(C)C)O[C@H]1O. The lowest BCUT2D eigenvalue weighted by molar-refractivity contribution is -0.289. The Labute approximate surface area is 189 Å². The minimum Gasteiger partial charge on any atom is -0.454 e. The molecule has 1 aliphatic heterocycles. The van der Waals surface area contributed by atoms with Gasteiger partial charge in [-0.2, -0.15) is 0 Å². The fraction of sp³-hybridized carbons (Fsp3) is 0.458. The molecule has 1 aliphatic rings. The average molecular weight is 461 g/mol. The summed E-state index contributed by atoms with van der Waals surface area (Å²) in [5.74, 6) is -0.689. The maximum absolute atomic E-state index is 11.3. The van der Waals surface area contributed by atoms with Crippen LogP contribution >= 0.6 is 0 Å². The predicted octanol–water partition coefficient (Wildman–Crippen LogP) is 0.934. The number of hydrogen-bond acceptors (Lipinski definition) is 7. The molecule has 1 heterocycles. The maximum Gasteiger partial charge on any atom is 0.303 e. The van der Waals surface area contributed by atoms with Crippen molar-refractivity contribution in [2.45, 2.75) is 63.4 Å². The van der Waals surface area contributed by atoms with Crippen LogP contribution in [-0.2, 0) is 18.7 Å². The molecule has 0 bridgehead atoms. The van der Waals surface area contributed by atoms with E-state index in [1.54, 1.807) is 0 Å². The number of aliphatic hydroxyl groups is 3. The van der Waals surface area contributed by atoms with Crippen LogP contribution in [0.15, 0.2) is 60.7 Å². The smallest absolute Gasteiger partial charge is 0.303 e. The zero-order valence-corrected chi connectivity index (χ0v) is 19.8. The van der Waals surface area contributed by atoms with E-state index in [0.29, 0.717) is 0 Å². The first-order valence-corrected chi connectivity index (χ1v) is 12.6. The lowest BCUT2D eigenvalue weighted by Gasteiger charge is -2.45. The second-order valence-electron chi connectivity index (χ2n) is 9.09. The first kappa shape index (κ1) is 24.6. The monoisotopic (exact) mass is 460 g/mol. The number of ether oxygens (including phenoxy) is 2. The number of carbonyl (C=O) groups is 1. The van der Waals surface area contributed by atoms with Crippen molar-refractivity contribution in [1.29, 1.82) is 0 Å². The van der Waals surface area contributed by atoms with E-state index in [1.165, 1.54) is 0 Å². The lowest BCUT2D eigenvalue weighted by atomic mass is 9.99. The molecule has 0 amide bonds. The summed E-state index contributed by atoms with van der Waals surface area (Å²) in [6.07, 6.45) is -6.86. The molecule has 32 heavy (non-hydrogen) atoms. The van der Waals surface area contributed by atoms with E-state index in [1.807, 2.05) is 60.7 Å². The summed E-state index contributed by atoms with van der Waals surface area (Å²) in [5.41, 5.74) is 0. The van der Waals surface area contributed by atoms with Crippen LogP contribution < -0.4 is 10.4 Å². The summed E-state index contributed by atoms with van der Waals surface area (Å²) in [6.45, 7) is 7.47. The van der Waals surface area contributed by atoms with Crippen molar-refractivity contribution in [2.24, 2.45) is 0 Å². The Morgan fingerprint density at radius 2 is 1.44 bits per heavy atom. The molecular weight excluding hydrogens is 428 g/mol. The standard InChI is InChI=1S/C24H32O7Si/c1-16(25)30-22-21(27)20(26)19(31-23(22)28)15-29-32(24(2,3)4,17-11-7-5-8-12-17)18-13-9-6-10-14-18/h5-14,19-23,26-28H,15H2,1-4H3/t19-,20+,21+,22-,23-/m1/s1. The molecule has 0 saturated carbocycles. The van der Waals surface area contributed by atoms with Crippen LogP contribution in [0.5, 0.6) is 0 Å². The molecule has 0 aromatic heterocycles. The summed E-state index contributed by atoms with van der Waals surface area (Å²) in [6, 6.07) is 20.0. The number of hydrogen-bond donors (Lipinski definition) is 3. The fourth-order valence-corrected chi connectivity index (χ4v) is 8.92. The van der Waals surface area contributed by atoms with Crippen molar-refractivity contribution in [3.63, 3.8) is 0 Å². The van der Waals surface area contributed by atoms with E-state index in [-0.39, 0.29) is 11.6 Å². The number of benzene rings is 2. The molecule has 2 aromatic carbocycles. The first-order valence-electron chi connectivity index (χ1n) is 10.7. The third-order valence-electron chi connectivity index (χ3n) is 5.85. The van der Waals surface area contributed by atoms with Crippen molar-refractivity contribution in [2.75, 3.05) is 6.61 Å².